The van der Waals surface area contributed by atoms with Crippen LogP contribution in [0.15, 0.2) is 48.8 Å². The SMILES string of the molecule is Cc1cnc(C(=O)N2CCC[C@H](c3cc(Oc4ccc(N(C)C)cc4)cc(C)n3)C2)cn1. The normalized spacial score (nSPS) is 16.0. The lowest BCUT2D eigenvalue weighted by molar-refractivity contribution is 0.0699. The molecule has 2 aromatic heterocycles. The van der Waals surface area contributed by atoms with E-state index in [1.165, 1.54) is 0 Å². The molecule has 1 aromatic carbocycles. The van der Waals surface area contributed by atoms with E-state index in [4.69, 9.17) is 9.72 Å². The number of hydrogen-bond acceptors (Lipinski definition) is 6. The van der Waals surface area contributed by atoms with Gasteiger partial charge >= 0.3 is 0 Å². The van der Waals surface area contributed by atoms with E-state index in [-0.39, 0.29) is 11.8 Å². The van der Waals surface area contributed by atoms with Gasteiger partial charge in [-0.1, -0.05) is 0 Å². The second-order valence-corrected chi connectivity index (χ2v) is 8.49. The zero-order valence-electron chi connectivity index (χ0n) is 19.1. The lowest BCUT2D eigenvalue weighted by Gasteiger charge is -2.32. The number of aromatic nitrogens is 3. The maximum Gasteiger partial charge on any atom is 0.274 e. The summed E-state index contributed by atoms with van der Waals surface area (Å²) in [5, 5.41) is 0. The van der Waals surface area contributed by atoms with Crippen LogP contribution in [0.1, 0.15) is 46.3 Å². The summed E-state index contributed by atoms with van der Waals surface area (Å²) in [7, 11) is 4.02. The number of piperidine rings is 1. The summed E-state index contributed by atoms with van der Waals surface area (Å²) < 4.78 is 6.12. The van der Waals surface area contributed by atoms with E-state index in [1.54, 1.807) is 12.4 Å². The fraction of sp³-hybridized carbons (Fsp3) is 0.360. The van der Waals surface area contributed by atoms with E-state index in [1.807, 2.05) is 69.2 Å². The number of pyridine rings is 1. The molecular formula is C25H29N5O2. The molecule has 0 spiro atoms. The number of carbonyl (C=O) groups excluding carboxylic acids is 1. The Labute approximate surface area is 189 Å². The number of hydrogen-bond donors (Lipinski definition) is 0. The Kier molecular flexibility index (Phi) is 6.35. The number of aryl methyl sites for hydroxylation is 2. The molecule has 7 nitrogen and oxygen atoms in total. The molecule has 0 radical (unpaired) electrons. The van der Waals surface area contributed by atoms with Crippen molar-refractivity contribution in [2.24, 2.45) is 0 Å². The van der Waals surface area contributed by atoms with Crippen LogP contribution >= 0.6 is 0 Å². The number of amides is 1. The minimum atomic E-state index is -0.0766. The monoisotopic (exact) mass is 431 g/mol. The molecule has 1 amide bonds. The van der Waals surface area contributed by atoms with Crippen molar-refractivity contribution in [3.05, 3.63) is 71.6 Å². The van der Waals surface area contributed by atoms with Crippen molar-refractivity contribution in [1.82, 2.24) is 19.9 Å². The van der Waals surface area contributed by atoms with E-state index in [0.717, 1.165) is 53.7 Å². The topological polar surface area (TPSA) is 71.5 Å². The lowest BCUT2D eigenvalue weighted by Crippen LogP contribution is -2.39. The Balaban J connectivity index is 1.49. The highest BCUT2D eigenvalue weighted by Crippen LogP contribution is 2.31. The number of ether oxygens (including phenoxy) is 1. The summed E-state index contributed by atoms with van der Waals surface area (Å²) in [5.74, 6) is 1.63. The van der Waals surface area contributed by atoms with Gasteiger partial charge < -0.3 is 14.5 Å². The number of rotatable bonds is 5. The average Bonchev–Trinajstić information content (AvgIpc) is 2.79. The molecule has 166 valence electrons. The molecule has 7 heteroatoms. The van der Waals surface area contributed by atoms with Gasteiger partial charge in [-0.3, -0.25) is 14.8 Å². The van der Waals surface area contributed by atoms with Gasteiger partial charge in [0.25, 0.3) is 5.91 Å². The van der Waals surface area contributed by atoms with Crippen molar-refractivity contribution in [3.63, 3.8) is 0 Å². The molecule has 1 atom stereocenters. The molecule has 32 heavy (non-hydrogen) atoms. The van der Waals surface area contributed by atoms with Gasteiger partial charge in [0.2, 0.25) is 0 Å². The first-order chi connectivity index (χ1) is 15.4. The molecule has 0 N–H and O–H groups in total. The largest absolute Gasteiger partial charge is 0.457 e. The molecule has 0 bridgehead atoms. The fourth-order valence-corrected chi connectivity index (χ4v) is 3.95. The molecule has 0 aliphatic carbocycles. The third-order valence-electron chi connectivity index (χ3n) is 5.66. The van der Waals surface area contributed by atoms with Crippen molar-refractivity contribution in [3.8, 4) is 11.5 Å². The first-order valence-electron chi connectivity index (χ1n) is 10.9. The van der Waals surface area contributed by atoms with Crippen LogP contribution in [0.4, 0.5) is 5.69 Å². The summed E-state index contributed by atoms with van der Waals surface area (Å²) in [6.07, 6.45) is 5.09. The quantitative estimate of drug-likeness (QED) is 0.598. The van der Waals surface area contributed by atoms with Gasteiger partial charge in [-0.15, -0.1) is 0 Å². The first kappa shape index (κ1) is 21.7. The summed E-state index contributed by atoms with van der Waals surface area (Å²) in [4.78, 5) is 30.0. The van der Waals surface area contributed by atoms with E-state index >= 15 is 0 Å². The molecule has 1 fully saturated rings. The molecule has 0 unspecified atom stereocenters. The minimum absolute atomic E-state index is 0.0766. The lowest BCUT2D eigenvalue weighted by atomic mass is 9.93. The van der Waals surface area contributed by atoms with Crippen molar-refractivity contribution in [1.29, 1.82) is 0 Å². The van der Waals surface area contributed by atoms with Crippen LogP contribution in [0.25, 0.3) is 0 Å². The number of nitrogens with zero attached hydrogens (tertiary/aromatic N) is 5. The van der Waals surface area contributed by atoms with Crippen molar-refractivity contribution < 1.29 is 9.53 Å². The van der Waals surface area contributed by atoms with Gasteiger partial charge in [0.05, 0.1) is 11.9 Å². The smallest absolute Gasteiger partial charge is 0.274 e. The van der Waals surface area contributed by atoms with Gasteiger partial charge in [-0.25, -0.2) is 4.98 Å². The van der Waals surface area contributed by atoms with Crippen molar-refractivity contribution in [2.75, 3.05) is 32.1 Å². The average molecular weight is 432 g/mol. The first-order valence-corrected chi connectivity index (χ1v) is 10.9. The summed E-state index contributed by atoms with van der Waals surface area (Å²) >= 11 is 0. The standard InChI is InChI=1S/C25H29N5O2/c1-17-12-22(32-21-9-7-20(8-10-21)29(3)4)13-23(28-17)19-6-5-11-30(16-19)25(31)24-15-26-18(2)14-27-24/h7-10,12-15,19H,5-6,11,16H2,1-4H3/t19-/m0/s1. The van der Waals surface area contributed by atoms with Crippen LogP contribution < -0.4 is 9.64 Å². The van der Waals surface area contributed by atoms with Crippen LogP contribution in [-0.4, -0.2) is 52.9 Å². The third kappa shape index (κ3) is 5.04. The van der Waals surface area contributed by atoms with Gasteiger partial charge in [-0.05, 0) is 51.0 Å². The number of likely N-dealkylation sites (tertiary alicyclic amines) is 1. The number of benzene rings is 1. The maximum absolute atomic E-state index is 12.9. The van der Waals surface area contributed by atoms with E-state index in [9.17, 15) is 4.79 Å². The molecule has 3 heterocycles. The number of carbonyl (C=O) groups is 1. The summed E-state index contributed by atoms with van der Waals surface area (Å²) in [6.45, 7) is 5.16. The molecule has 1 aliphatic rings. The van der Waals surface area contributed by atoms with Crippen LogP contribution in [0.5, 0.6) is 11.5 Å². The highest BCUT2D eigenvalue weighted by Gasteiger charge is 2.27. The van der Waals surface area contributed by atoms with Gasteiger partial charge in [-0.2, -0.15) is 0 Å². The van der Waals surface area contributed by atoms with Gasteiger partial charge in [0.15, 0.2) is 0 Å². The Morgan fingerprint density at radius 2 is 1.81 bits per heavy atom. The van der Waals surface area contributed by atoms with E-state index < -0.39 is 0 Å². The Morgan fingerprint density at radius 1 is 1.03 bits per heavy atom. The van der Waals surface area contributed by atoms with Crippen LogP contribution in [0.3, 0.4) is 0 Å². The second kappa shape index (κ2) is 9.34. The van der Waals surface area contributed by atoms with Crippen LogP contribution in [0.2, 0.25) is 0 Å². The van der Waals surface area contributed by atoms with E-state index in [0.29, 0.717) is 12.2 Å². The summed E-state index contributed by atoms with van der Waals surface area (Å²) in [6, 6.07) is 11.9. The highest BCUT2D eigenvalue weighted by atomic mass is 16.5. The maximum atomic E-state index is 12.9. The Morgan fingerprint density at radius 3 is 2.50 bits per heavy atom. The fourth-order valence-electron chi connectivity index (χ4n) is 3.95. The third-order valence-corrected chi connectivity index (χ3v) is 5.66. The van der Waals surface area contributed by atoms with Crippen molar-refractivity contribution >= 4 is 11.6 Å². The predicted molar refractivity (Wildman–Crippen MR) is 124 cm³/mol. The van der Waals surface area contributed by atoms with Crippen LogP contribution in [0, 0.1) is 13.8 Å². The van der Waals surface area contributed by atoms with Crippen LogP contribution in [-0.2, 0) is 0 Å². The molecule has 1 aliphatic heterocycles. The number of anilines is 1. The molecular weight excluding hydrogens is 402 g/mol. The minimum Gasteiger partial charge on any atom is -0.457 e. The Bertz CT molecular complexity index is 1080. The molecule has 1 saturated heterocycles. The van der Waals surface area contributed by atoms with Crippen molar-refractivity contribution in [2.45, 2.75) is 32.6 Å². The predicted octanol–water partition coefficient (Wildman–Crippen LogP) is 4.37. The molecule has 3 aromatic rings. The summed E-state index contributed by atoms with van der Waals surface area (Å²) in [5.41, 5.74) is 4.16. The molecule has 0 saturated carbocycles. The second-order valence-electron chi connectivity index (χ2n) is 8.49. The molecule has 4 rings (SSSR count). The zero-order valence-corrected chi connectivity index (χ0v) is 19.1. The highest BCUT2D eigenvalue weighted by molar-refractivity contribution is 5.92. The van der Waals surface area contributed by atoms with Gasteiger partial charge in [0.1, 0.15) is 17.2 Å². The zero-order chi connectivity index (χ0) is 22.7. The van der Waals surface area contributed by atoms with Gasteiger partial charge in [0, 0.05) is 68.5 Å². The Hall–Kier alpha value is -3.48. The van der Waals surface area contributed by atoms with E-state index in [2.05, 4.69) is 14.9 Å².